The molecule has 0 aliphatic rings. The molecule has 50 heavy (non-hydrogen) atoms. The molecule has 0 heterocycles. The molecule has 3 atom stereocenters. The predicted octanol–water partition coefficient (Wildman–Crippen LogP) is 9.95. The zero-order valence-electron chi connectivity index (χ0n) is 31.8. The van der Waals surface area contributed by atoms with E-state index >= 15 is 0 Å². The van der Waals surface area contributed by atoms with Crippen molar-refractivity contribution in [2.24, 2.45) is 5.73 Å². The van der Waals surface area contributed by atoms with Gasteiger partial charge in [0.1, 0.15) is 12.6 Å². The molecule has 4 N–H and O–H groups in total. The minimum Gasteiger partial charge on any atom is -0.480 e. The summed E-state index contributed by atoms with van der Waals surface area (Å²) < 4.78 is 32.6. The topological polar surface area (TPSA) is 172 Å². The van der Waals surface area contributed by atoms with Crippen LogP contribution in [0.25, 0.3) is 0 Å². The third-order valence-electron chi connectivity index (χ3n) is 8.86. The number of ether oxygens (including phenoxy) is 2. The van der Waals surface area contributed by atoms with Crippen LogP contribution >= 0.6 is 7.82 Å². The third-order valence-corrected chi connectivity index (χ3v) is 9.81. The molecule has 0 saturated heterocycles. The molecule has 0 aliphatic heterocycles. The van der Waals surface area contributed by atoms with Gasteiger partial charge >= 0.3 is 25.7 Å². The fourth-order valence-corrected chi connectivity index (χ4v) is 6.43. The SMILES string of the molecule is CCCCCCCCCCCCCCCCCCC(=O)O[C@H](COC(=O)CCCCCCCCCCCC)COP(=O)(O)OC[C@H](N)C(=O)O. The van der Waals surface area contributed by atoms with Crippen molar-refractivity contribution >= 4 is 25.7 Å². The lowest BCUT2D eigenvalue weighted by atomic mass is 10.0. The Labute approximate surface area is 304 Å². The summed E-state index contributed by atoms with van der Waals surface area (Å²) in [7, 11) is -4.70. The van der Waals surface area contributed by atoms with E-state index in [1.165, 1.54) is 116 Å². The van der Waals surface area contributed by atoms with E-state index in [2.05, 4.69) is 18.4 Å². The zero-order valence-corrected chi connectivity index (χ0v) is 32.7. The lowest BCUT2D eigenvalue weighted by molar-refractivity contribution is -0.161. The van der Waals surface area contributed by atoms with Crippen molar-refractivity contribution in [1.29, 1.82) is 0 Å². The molecule has 0 aromatic heterocycles. The Bertz CT molecular complexity index is 875. The van der Waals surface area contributed by atoms with E-state index in [1.807, 2.05) is 0 Å². The molecule has 296 valence electrons. The Morgan fingerprint density at radius 3 is 1.26 bits per heavy atom. The number of aliphatic carboxylic acids is 1. The van der Waals surface area contributed by atoms with Crippen LogP contribution in [0.4, 0.5) is 0 Å². The number of carbonyl (C=O) groups excluding carboxylic acids is 2. The number of unbranched alkanes of at least 4 members (excludes halogenated alkanes) is 24. The van der Waals surface area contributed by atoms with Crippen LogP contribution in [0.2, 0.25) is 0 Å². The smallest absolute Gasteiger partial charge is 0.472 e. The molecular weight excluding hydrogens is 661 g/mol. The largest absolute Gasteiger partial charge is 0.480 e. The van der Waals surface area contributed by atoms with Crippen LogP contribution in [0, 0.1) is 0 Å². The number of carbonyl (C=O) groups is 3. The van der Waals surface area contributed by atoms with Gasteiger partial charge in [-0.15, -0.1) is 0 Å². The molecule has 0 amide bonds. The summed E-state index contributed by atoms with van der Waals surface area (Å²) in [5, 5.41) is 8.86. The maximum absolute atomic E-state index is 12.6. The van der Waals surface area contributed by atoms with Crippen LogP contribution in [-0.2, 0) is 37.5 Å². The Hall–Kier alpha value is -1.52. The summed E-state index contributed by atoms with van der Waals surface area (Å²) in [4.78, 5) is 45.7. The van der Waals surface area contributed by atoms with Gasteiger partial charge < -0.3 is 25.2 Å². The lowest BCUT2D eigenvalue weighted by Gasteiger charge is -2.20. The van der Waals surface area contributed by atoms with E-state index in [4.69, 9.17) is 24.8 Å². The number of esters is 2. The quantitative estimate of drug-likeness (QED) is 0.0313. The first-order valence-electron chi connectivity index (χ1n) is 20.1. The highest BCUT2D eigenvalue weighted by molar-refractivity contribution is 7.47. The monoisotopic (exact) mass is 736 g/mol. The first-order chi connectivity index (χ1) is 24.1. The first-order valence-corrected chi connectivity index (χ1v) is 21.6. The Balaban J connectivity index is 4.35. The van der Waals surface area contributed by atoms with E-state index in [9.17, 15) is 23.8 Å². The van der Waals surface area contributed by atoms with Crippen molar-refractivity contribution in [3.05, 3.63) is 0 Å². The maximum Gasteiger partial charge on any atom is 0.472 e. The molecule has 11 nitrogen and oxygen atoms in total. The number of carboxylic acid groups (broad SMARTS) is 1. The van der Waals surface area contributed by atoms with E-state index in [1.54, 1.807) is 0 Å². The van der Waals surface area contributed by atoms with Gasteiger partial charge in [0.2, 0.25) is 0 Å². The standard InChI is InChI=1S/C38H74NO10P/c1-3-5-7-9-11-13-15-16-17-18-19-20-22-24-26-28-30-37(41)49-34(32-47-50(44,45)48-33-35(39)38(42)43)31-46-36(40)29-27-25-23-21-14-12-10-8-6-4-2/h34-35H,3-33,39H2,1-2H3,(H,42,43)(H,44,45)/t34-,35+/m1/s1. The van der Waals surface area contributed by atoms with E-state index in [-0.39, 0.29) is 19.4 Å². The number of phosphoric ester groups is 1. The molecule has 1 unspecified atom stereocenters. The summed E-state index contributed by atoms with van der Waals surface area (Å²) in [5.41, 5.74) is 5.32. The predicted molar refractivity (Wildman–Crippen MR) is 199 cm³/mol. The lowest BCUT2D eigenvalue weighted by Crippen LogP contribution is -2.34. The third kappa shape index (κ3) is 33.6. The summed E-state index contributed by atoms with van der Waals surface area (Å²) in [6, 6.07) is -1.51. The summed E-state index contributed by atoms with van der Waals surface area (Å²) >= 11 is 0. The number of nitrogens with two attached hydrogens (primary N) is 1. The number of hydrogen-bond donors (Lipinski definition) is 3. The average Bonchev–Trinajstić information content (AvgIpc) is 3.09. The fourth-order valence-electron chi connectivity index (χ4n) is 5.65. The van der Waals surface area contributed by atoms with Crippen molar-refractivity contribution in [2.75, 3.05) is 19.8 Å². The van der Waals surface area contributed by atoms with Gasteiger partial charge in [-0.2, -0.15) is 0 Å². The Kier molecular flexibility index (Phi) is 33.5. The molecular formula is C38H74NO10P. The van der Waals surface area contributed by atoms with Crippen molar-refractivity contribution in [3.63, 3.8) is 0 Å². The Morgan fingerprint density at radius 2 is 0.880 bits per heavy atom. The number of phosphoric acid groups is 1. The Morgan fingerprint density at radius 1 is 0.540 bits per heavy atom. The van der Waals surface area contributed by atoms with Crippen molar-refractivity contribution in [1.82, 2.24) is 0 Å². The first kappa shape index (κ1) is 48.5. The molecule has 0 fully saturated rings. The van der Waals surface area contributed by atoms with E-state index < -0.39 is 51.1 Å². The highest BCUT2D eigenvalue weighted by Gasteiger charge is 2.28. The maximum atomic E-state index is 12.6. The zero-order chi connectivity index (χ0) is 37.1. The number of rotatable bonds is 38. The minimum atomic E-state index is -4.70. The van der Waals surface area contributed by atoms with Crippen LogP contribution in [0.5, 0.6) is 0 Å². The molecule has 12 heteroatoms. The fraction of sp³-hybridized carbons (Fsp3) is 0.921. The van der Waals surface area contributed by atoms with Gasteiger partial charge in [-0.3, -0.25) is 23.4 Å². The normalized spacial score (nSPS) is 13.8. The summed E-state index contributed by atoms with van der Waals surface area (Å²) in [6.07, 6.45) is 30.3. The van der Waals surface area contributed by atoms with Crippen LogP contribution in [-0.4, -0.2) is 59.9 Å². The van der Waals surface area contributed by atoms with Crippen LogP contribution in [0.3, 0.4) is 0 Å². The second-order valence-electron chi connectivity index (χ2n) is 13.8. The van der Waals surface area contributed by atoms with Crippen LogP contribution in [0.1, 0.15) is 194 Å². The number of hydrogen-bond acceptors (Lipinski definition) is 9. The molecule has 0 aromatic carbocycles. The van der Waals surface area contributed by atoms with E-state index in [0.29, 0.717) is 12.8 Å². The van der Waals surface area contributed by atoms with Gasteiger partial charge in [0, 0.05) is 12.8 Å². The van der Waals surface area contributed by atoms with Gasteiger partial charge in [-0.05, 0) is 12.8 Å². The van der Waals surface area contributed by atoms with E-state index in [0.717, 1.165) is 38.5 Å². The molecule has 0 aromatic rings. The molecule has 0 spiro atoms. The molecule has 0 rings (SSSR count). The van der Waals surface area contributed by atoms with Crippen molar-refractivity contribution in [2.45, 2.75) is 206 Å². The van der Waals surface area contributed by atoms with Gasteiger partial charge in [-0.25, -0.2) is 4.57 Å². The highest BCUT2D eigenvalue weighted by Crippen LogP contribution is 2.43. The van der Waals surface area contributed by atoms with Gasteiger partial charge in [-0.1, -0.05) is 168 Å². The number of carboxylic acids is 1. The average molecular weight is 736 g/mol. The van der Waals surface area contributed by atoms with Gasteiger partial charge in [0.15, 0.2) is 6.10 Å². The molecule has 0 saturated carbocycles. The minimum absolute atomic E-state index is 0.169. The van der Waals surface area contributed by atoms with Crippen molar-refractivity contribution < 1.29 is 47.5 Å². The van der Waals surface area contributed by atoms with Crippen LogP contribution < -0.4 is 5.73 Å². The molecule has 0 aliphatic carbocycles. The second-order valence-corrected chi connectivity index (χ2v) is 15.2. The van der Waals surface area contributed by atoms with Crippen LogP contribution in [0.15, 0.2) is 0 Å². The van der Waals surface area contributed by atoms with Gasteiger partial charge in [0.25, 0.3) is 0 Å². The molecule has 0 bridgehead atoms. The summed E-state index contributed by atoms with van der Waals surface area (Å²) in [6.45, 7) is 2.80. The molecule has 0 radical (unpaired) electrons. The summed E-state index contributed by atoms with van der Waals surface area (Å²) in [5.74, 6) is -2.37. The second kappa shape index (κ2) is 34.6. The van der Waals surface area contributed by atoms with Crippen molar-refractivity contribution in [3.8, 4) is 0 Å². The van der Waals surface area contributed by atoms with Gasteiger partial charge in [0.05, 0.1) is 13.2 Å². The highest BCUT2D eigenvalue weighted by atomic mass is 31.2.